The Labute approximate surface area is 151 Å². The summed E-state index contributed by atoms with van der Waals surface area (Å²) >= 11 is 0. The summed E-state index contributed by atoms with van der Waals surface area (Å²) in [6, 6.07) is 11.8. The van der Waals surface area contributed by atoms with Gasteiger partial charge in [0, 0.05) is 31.9 Å². The largest absolute Gasteiger partial charge is 0.369 e. The predicted octanol–water partition coefficient (Wildman–Crippen LogP) is 3.43. The first-order valence-electron chi connectivity index (χ1n) is 8.68. The van der Waals surface area contributed by atoms with Gasteiger partial charge in [-0.3, -0.25) is 0 Å². The highest BCUT2D eigenvalue weighted by Gasteiger charge is 2.29. The number of anilines is 1. The molecule has 1 saturated heterocycles. The molecule has 1 aliphatic rings. The second kappa shape index (κ2) is 6.81. The van der Waals surface area contributed by atoms with E-state index in [1.165, 1.54) is 16.8 Å². The van der Waals surface area contributed by atoms with E-state index in [0.717, 1.165) is 11.1 Å². The summed E-state index contributed by atoms with van der Waals surface area (Å²) in [6.07, 6.45) is 0. The third kappa shape index (κ3) is 3.58. The summed E-state index contributed by atoms with van der Waals surface area (Å²) in [7, 11) is -3.42. The Balaban J connectivity index is 1.77. The highest BCUT2D eigenvalue weighted by atomic mass is 32.2. The molecule has 1 fully saturated rings. The summed E-state index contributed by atoms with van der Waals surface area (Å²) in [6.45, 7) is 10.6. The van der Waals surface area contributed by atoms with Crippen LogP contribution in [0, 0.1) is 27.7 Å². The molecule has 25 heavy (non-hydrogen) atoms. The van der Waals surface area contributed by atoms with Crippen LogP contribution in [0.1, 0.15) is 22.3 Å². The fourth-order valence-electron chi connectivity index (χ4n) is 3.25. The molecule has 5 heteroatoms. The number of hydrogen-bond acceptors (Lipinski definition) is 3. The van der Waals surface area contributed by atoms with Gasteiger partial charge >= 0.3 is 0 Å². The molecule has 0 aromatic heterocycles. The van der Waals surface area contributed by atoms with Crippen LogP contribution in [0.15, 0.2) is 41.3 Å². The van der Waals surface area contributed by atoms with Gasteiger partial charge in [-0.2, -0.15) is 4.31 Å². The van der Waals surface area contributed by atoms with Gasteiger partial charge < -0.3 is 4.90 Å². The highest BCUT2D eigenvalue weighted by Crippen LogP contribution is 2.25. The van der Waals surface area contributed by atoms with Crippen molar-refractivity contribution in [3.8, 4) is 0 Å². The minimum Gasteiger partial charge on any atom is -0.369 e. The number of rotatable bonds is 3. The third-order valence-corrected chi connectivity index (χ3v) is 6.95. The van der Waals surface area contributed by atoms with Crippen LogP contribution in [-0.4, -0.2) is 38.9 Å². The number of piperazine rings is 1. The molecule has 0 aliphatic carbocycles. The van der Waals surface area contributed by atoms with Crippen molar-refractivity contribution in [3.05, 3.63) is 58.7 Å². The molecule has 0 spiro atoms. The fourth-order valence-corrected chi connectivity index (χ4v) is 4.76. The first-order chi connectivity index (χ1) is 11.8. The van der Waals surface area contributed by atoms with E-state index in [4.69, 9.17) is 0 Å². The summed E-state index contributed by atoms with van der Waals surface area (Å²) in [5.41, 5.74) is 5.79. The van der Waals surface area contributed by atoms with Crippen LogP contribution in [0.4, 0.5) is 5.69 Å². The molecule has 1 aliphatic heterocycles. The van der Waals surface area contributed by atoms with Gasteiger partial charge in [-0.15, -0.1) is 0 Å². The quantitative estimate of drug-likeness (QED) is 0.844. The van der Waals surface area contributed by atoms with Gasteiger partial charge in [-0.1, -0.05) is 18.2 Å². The normalized spacial score (nSPS) is 16.2. The smallest absolute Gasteiger partial charge is 0.243 e. The van der Waals surface area contributed by atoms with Crippen LogP contribution < -0.4 is 4.90 Å². The highest BCUT2D eigenvalue weighted by molar-refractivity contribution is 7.89. The Morgan fingerprint density at radius 1 is 0.760 bits per heavy atom. The number of aryl methyl sites for hydroxylation is 4. The van der Waals surface area contributed by atoms with Crippen molar-refractivity contribution in [2.45, 2.75) is 32.6 Å². The van der Waals surface area contributed by atoms with Gasteiger partial charge in [0.05, 0.1) is 4.90 Å². The Hall–Kier alpha value is -1.85. The topological polar surface area (TPSA) is 40.6 Å². The Bertz CT molecular complexity index is 883. The monoisotopic (exact) mass is 358 g/mol. The molecule has 0 radical (unpaired) electrons. The van der Waals surface area contributed by atoms with Crippen LogP contribution in [0.5, 0.6) is 0 Å². The van der Waals surface area contributed by atoms with Gasteiger partial charge in [0.25, 0.3) is 0 Å². The minimum absolute atomic E-state index is 0.399. The summed E-state index contributed by atoms with van der Waals surface area (Å²) in [5.74, 6) is 0. The van der Waals surface area contributed by atoms with E-state index in [1.807, 2.05) is 19.9 Å². The molecule has 0 saturated carbocycles. The van der Waals surface area contributed by atoms with Crippen molar-refractivity contribution in [1.29, 1.82) is 0 Å². The molecular weight excluding hydrogens is 332 g/mol. The van der Waals surface area contributed by atoms with Gasteiger partial charge in [-0.05, 0) is 68.1 Å². The Kier molecular flexibility index (Phi) is 4.89. The zero-order valence-electron chi connectivity index (χ0n) is 15.4. The van der Waals surface area contributed by atoms with E-state index in [1.54, 1.807) is 16.4 Å². The molecule has 2 aromatic carbocycles. The first kappa shape index (κ1) is 18.0. The minimum atomic E-state index is -3.42. The maximum absolute atomic E-state index is 12.9. The van der Waals surface area contributed by atoms with Crippen LogP contribution in [0.25, 0.3) is 0 Å². The summed E-state index contributed by atoms with van der Waals surface area (Å²) in [5, 5.41) is 0. The van der Waals surface area contributed by atoms with Crippen molar-refractivity contribution in [1.82, 2.24) is 4.31 Å². The van der Waals surface area contributed by atoms with E-state index in [9.17, 15) is 8.42 Å². The average molecular weight is 359 g/mol. The maximum Gasteiger partial charge on any atom is 0.243 e. The fraction of sp³-hybridized carbons (Fsp3) is 0.400. The lowest BCUT2D eigenvalue weighted by Crippen LogP contribution is -2.48. The molecule has 0 amide bonds. The van der Waals surface area contributed by atoms with E-state index >= 15 is 0 Å². The average Bonchev–Trinajstić information content (AvgIpc) is 2.59. The van der Waals surface area contributed by atoms with Gasteiger partial charge in [-0.25, -0.2) is 8.42 Å². The number of benzene rings is 2. The van der Waals surface area contributed by atoms with Crippen molar-refractivity contribution >= 4 is 15.7 Å². The predicted molar refractivity (Wildman–Crippen MR) is 103 cm³/mol. The van der Waals surface area contributed by atoms with E-state index in [-0.39, 0.29) is 0 Å². The molecule has 1 heterocycles. The van der Waals surface area contributed by atoms with E-state index < -0.39 is 10.0 Å². The number of hydrogen-bond donors (Lipinski definition) is 0. The lowest BCUT2D eigenvalue weighted by molar-refractivity contribution is 0.384. The Morgan fingerprint density at radius 3 is 2.04 bits per heavy atom. The first-order valence-corrected chi connectivity index (χ1v) is 10.1. The molecule has 3 rings (SSSR count). The molecular formula is C20H26N2O2S. The second-order valence-electron chi connectivity index (χ2n) is 6.93. The molecule has 0 bridgehead atoms. The summed E-state index contributed by atoms with van der Waals surface area (Å²) < 4.78 is 27.5. The zero-order chi connectivity index (χ0) is 18.2. The van der Waals surface area contributed by atoms with E-state index in [2.05, 4.69) is 36.9 Å². The lowest BCUT2D eigenvalue weighted by Gasteiger charge is -2.36. The molecule has 2 aromatic rings. The van der Waals surface area contributed by atoms with Crippen molar-refractivity contribution < 1.29 is 8.42 Å². The molecule has 0 unspecified atom stereocenters. The van der Waals surface area contributed by atoms with Gasteiger partial charge in [0.1, 0.15) is 0 Å². The lowest BCUT2D eigenvalue weighted by atomic mass is 10.1. The molecule has 4 nitrogen and oxygen atoms in total. The van der Waals surface area contributed by atoms with Gasteiger partial charge in [0.15, 0.2) is 0 Å². The second-order valence-corrected chi connectivity index (χ2v) is 8.87. The molecule has 0 atom stereocenters. The van der Waals surface area contributed by atoms with E-state index in [0.29, 0.717) is 31.1 Å². The van der Waals surface area contributed by atoms with Crippen molar-refractivity contribution in [3.63, 3.8) is 0 Å². The van der Waals surface area contributed by atoms with Crippen LogP contribution >= 0.6 is 0 Å². The van der Waals surface area contributed by atoms with Crippen molar-refractivity contribution in [2.24, 2.45) is 0 Å². The SMILES string of the molecule is Cc1ccc(C)c(N2CCN(S(=O)(=O)c3ccc(C)c(C)c3)CC2)c1. The third-order valence-electron chi connectivity index (χ3n) is 5.06. The van der Waals surface area contributed by atoms with Crippen LogP contribution in [0.2, 0.25) is 0 Å². The number of sulfonamides is 1. The van der Waals surface area contributed by atoms with Gasteiger partial charge in [0.2, 0.25) is 10.0 Å². The Morgan fingerprint density at radius 2 is 1.40 bits per heavy atom. The molecule has 134 valence electrons. The summed E-state index contributed by atoms with van der Waals surface area (Å²) in [4.78, 5) is 2.69. The van der Waals surface area contributed by atoms with Crippen LogP contribution in [0.3, 0.4) is 0 Å². The molecule has 0 N–H and O–H groups in total. The van der Waals surface area contributed by atoms with Crippen molar-refractivity contribution in [2.75, 3.05) is 31.1 Å². The standard InChI is InChI=1S/C20H26N2O2S/c1-15-5-6-17(3)20(13-15)21-9-11-22(12-10-21)25(23,24)19-8-7-16(2)18(4)14-19/h5-8,13-14H,9-12H2,1-4H3. The zero-order valence-corrected chi connectivity index (χ0v) is 16.2. The number of nitrogens with zero attached hydrogens (tertiary/aromatic N) is 2. The van der Waals surface area contributed by atoms with Crippen LogP contribution in [-0.2, 0) is 10.0 Å². The maximum atomic E-state index is 12.9.